The van der Waals surface area contributed by atoms with Gasteiger partial charge in [0.25, 0.3) is 0 Å². The molecule has 0 rings (SSSR count). The van der Waals surface area contributed by atoms with E-state index in [1.807, 2.05) is 13.8 Å². The average molecular weight is 390 g/mol. The van der Waals surface area contributed by atoms with E-state index in [0.29, 0.717) is 25.9 Å². The zero-order chi connectivity index (χ0) is 21.0. The van der Waals surface area contributed by atoms with E-state index in [0.717, 1.165) is 25.7 Å². The summed E-state index contributed by atoms with van der Waals surface area (Å²) >= 11 is 0. The van der Waals surface area contributed by atoms with Gasteiger partial charge in [-0.05, 0) is 12.8 Å². The molecule has 0 fully saturated rings. The summed E-state index contributed by atoms with van der Waals surface area (Å²) in [6.45, 7) is 4.78. The Hall–Kier alpha value is -3.40. The molecule has 0 saturated heterocycles. The van der Waals surface area contributed by atoms with Crippen LogP contribution in [0.4, 0.5) is 9.59 Å². The third-order valence-electron chi connectivity index (χ3n) is 3.00. The minimum absolute atomic E-state index is 0.0566. The van der Waals surface area contributed by atoms with Crippen molar-refractivity contribution in [2.45, 2.75) is 52.4 Å². The summed E-state index contributed by atoms with van der Waals surface area (Å²) < 4.78 is 0. The minimum atomic E-state index is -0.502. The van der Waals surface area contributed by atoms with E-state index in [2.05, 4.69) is 55.2 Å². The second-order valence-corrected chi connectivity index (χ2v) is 5.42. The van der Waals surface area contributed by atoms with Crippen LogP contribution >= 0.6 is 0 Å². The first kappa shape index (κ1) is 24.6. The Balaban J connectivity index is 3.79. The van der Waals surface area contributed by atoms with Gasteiger partial charge in [-0.3, -0.25) is 31.3 Å². The van der Waals surface area contributed by atoms with Crippen LogP contribution in [-0.2, 0) is 0 Å². The number of carbonyl (C=O) groups excluding carboxylic acids is 2. The van der Waals surface area contributed by atoms with E-state index in [-0.39, 0.29) is 11.9 Å². The number of aliphatic imine (C=N–C) groups is 2. The van der Waals surface area contributed by atoms with Crippen molar-refractivity contribution >= 4 is 24.0 Å². The van der Waals surface area contributed by atoms with E-state index in [1.165, 1.54) is 0 Å². The Morgan fingerprint density at radius 1 is 0.750 bits per heavy atom. The van der Waals surface area contributed by atoms with Gasteiger partial charge >= 0.3 is 12.1 Å². The molecule has 0 aliphatic rings. The van der Waals surface area contributed by atoms with Crippen LogP contribution in [0.5, 0.6) is 0 Å². The molecule has 0 spiro atoms. The number of hydrogen-bond donors (Lipinski definition) is 6. The van der Waals surface area contributed by atoms with Crippen LogP contribution in [0.2, 0.25) is 0 Å². The number of rotatable bonds is 7. The van der Waals surface area contributed by atoms with Gasteiger partial charge in [0.2, 0.25) is 0 Å². The Morgan fingerprint density at radius 2 is 1.14 bits per heavy atom. The van der Waals surface area contributed by atoms with Gasteiger partial charge in [-0.1, -0.05) is 38.5 Å². The van der Waals surface area contributed by atoms with Gasteiger partial charge in [0.05, 0.1) is 0 Å². The highest BCUT2D eigenvalue weighted by Crippen LogP contribution is 2.00. The number of nitrogens with two attached hydrogens (primary N) is 2. The van der Waals surface area contributed by atoms with Crippen LogP contribution in [0.1, 0.15) is 52.4 Å². The summed E-state index contributed by atoms with van der Waals surface area (Å²) in [7, 11) is 0. The summed E-state index contributed by atoms with van der Waals surface area (Å²) in [6, 6.07) is 3.98. The van der Waals surface area contributed by atoms with Crippen LogP contribution in [0, 0.1) is 23.9 Å². The van der Waals surface area contributed by atoms with Crippen molar-refractivity contribution in [2.24, 2.45) is 21.5 Å². The number of nitrogens with one attached hydrogen (secondary N) is 4. The smallest absolute Gasteiger partial charge is 0.333 e. The first-order valence-corrected chi connectivity index (χ1v) is 9.19. The Morgan fingerprint density at radius 3 is 1.50 bits per heavy atom. The van der Waals surface area contributed by atoms with E-state index < -0.39 is 12.1 Å². The zero-order valence-electron chi connectivity index (χ0n) is 16.5. The molecule has 10 heteroatoms. The lowest BCUT2D eigenvalue weighted by Gasteiger charge is -2.03. The fraction of sp³-hybridized carbons (Fsp3) is 0.556. The number of carbonyl (C=O) groups is 2. The van der Waals surface area contributed by atoms with Gasteiger partial charge in [-0.15, -0.1) is 0 Å². The van der Waals surface area contributed by atoms with Crippen LogP contribution in [0.25, 0.3) is 0 Å². The fourth-order valence-corrected chi connectivity index (χ4v) is 1.73. The fourth-order valence-electron chi connectivity index (χ4n) is 1.73. The van der Waals surface area contributed by atoms with Gasteiger partial charge in [0.15, 0.2) is 11.9 Å². The highest BCUT2D eigenvalue weighted by Gasteiger charge is 2.00. The molecule has 8 N–H and O–H groups in total. The standard InChI is InChI=1S/C18H30N8O2/c1-3-5-11-23-17(27)25-15(19)21-13-9-7-8-10-14-22-16(20)26-18(28)24-12-6-4-2/h3-4,7-10,13-14H2,1-2H3,(H4,19,21,23,25,27)(H4,20,22,24,26,28). The second-order valence-electron chi connectivity index (χ2n) is 5.42. The van der Waals surface area contributed by atoms with Crippen LogP contribution in [-0.4, -0.2) is 37.1 Å². The molecular weight excluding hydrogens is 360 g/mol. The number of guanidine groups is 2. The molecule has 0 unspecified atom stereocenters. The van der Waals surface area contributed by atoms with Crippen LogP contribution < -0.4 is 32.7 Å². The quantitative estimate of drug-likeness (QED) is 0.123. The van der Waals surface area contributed by atoms with Gasteiger partial charge in [-0.2, -0.15) is 0 Å². The Kier molecular flexibility index (Phi) is 15.0. The van der Waals surface area contributed by atoms with E-state index >= 15 is 0 Å². The average Bonchev–Trinajstić information content (AvgIpc) is 2.64. The molecule has 0 aliphatic heterocycles. The van der Waals surface area contributed by atoms with E-state index in [9.17, 15) is 9.59 Å². The first-order valence-electron chi connectivity index (χ1n) is 9.19. The molecule has 10 nitrogen and oxygen atoms in total. The molecule has 0 saturated carbocycles. The molecular formula is C18H30N8O2. The van der Waals surface area contributed by atoms with Gasteiger partial charge < -0.3 is 11.5 Å². The highest BCUT2D eigenvalue weighted by atomic mass is 16.2. The molecule has 28 heavy (non-hydrogen) atoms. The predicted molar refractivity (Wildman–Crippen MR) is 111 cm³/mol. The molecule has 4 amide bonds. The second kappa shape index (κ2) is 17.0. The molecule has 154 valence electrons. The molecule has 0 aromatic heterocycles. The molecule has 0 aliphatic carbocycles. The summed E-state index contributed by atoms with van der Waals surface area (Å²) in [5.74, 6) is 5.53. The SMILES string of the molecule is CCC#CNC(=O)NC(N)=NCCCCCCN=C(N)NC(=O)NC#CCC. The Bertz CT molecular complexity index is 607. The van der Waals surface area contributed by atoms with Crippen molar-refractivity contribution in [3.05, 3.63) is 0 Å². The predicted octanol–water partition coefficient (Wildman–Crippen LogP) is 0.516. The largest absolute Gasteiger partial charge is 0.370 e. The molecule has 0 atom stereocenters. The van der Waals surface area contributed by atoms with Crippen molar-refractivity contribution < 1.29 is 9.59 Å². The van der Waals surface area contributed by atoms with E-state index in [1.54, 1.807) is 0 Å². The number of nitrogens with zero attached hydrogens (tertiary/aromatic N) is 2. The summed E-state index contributed by atoms with van der Waals surface area (Å²) in [5.41, 5.74) is 11.2. The number of urea groups is 2. The maximum atomic E-state index is 11.4. The number of unbranched alkanes of at least 4 members (excludes halogenated alkanes) is 3. The van der Waals surface area contributed by atoms with Gasteiger partial charge in [-0.25, -0.2) is 9.59 Å². The minimum Gasteiger partial charge on any atom is -0.370 e. The third-order valence-corrected chi connectivity index (χ3v) is 3.00. The zero-order valence-corrected chi connectivity index (χ0v) is 16.5. The lowest BCUT2D eigenvalue weighted by Crippen LogP contribution is -2.41. The van der Waals surface area contributed by atoms with Crippen LogP contribution in [0.15, 0.2) is 9.98 Å². The van der Waals surface area contributed by atoms with Crippen molar-refractivity contribution in [1.82, 2.24) is 21.3 Å². The number of amides is 4. The number of hydrogen-bond acceptors (Lipinski definition) is 4. The van der Waals surface area contributed by atoms with Crippen molar-refractivity contribution in [2.75, 3.05) is 13.1 Å². The highest BCUT2D eigenvalue weighted by molar-refractivity contribution is 5.96. The van der Waals surface area contributed by atoms with Crippen molar-refractivity contribution in [3.8, 4) is 23.9 Å². The Labute approximate surface area is 166 Å². The molecule has 0 aromatic rings. The molecule has 0 radical (unpaired) electrons. The monoisotopic (exact) mass is 390 g/mol. The van der Waals surface area contributed by atoms with Crippen molar-refractivity contribution in [3.63, 3.8) is 0 Å². The molecule has 0 heterocycles. The first-order chi connectivity index (χ1) is 13.5. The molecule has 0 aromatic carbocycles. The third kappa shape index (κ3) is 16.1. The maximum Gasteiger partial charge on any atom is 0.333 e. The summed E-state index contributed by atoms with van der Waals surface area (Å²) in [5, 5.41) is 9.46. The summed E-state index contributed by atoms with van der Waals surface area (Å²) in [4.78, 5) is 30.9. The maximum absolute atomic E-state index is 11.4. The lowest BCUT2D eigenvalue weighted by atomic mass is 10.2. The van der Waals surface area contributed by atoms with Gasteiger partial charge in [0, 0.05) is 38.0 Å². The topological polar surface area (TPSA) is 159 Å². The van der Waals surface area contributed by atoms with Gasteiger partial charge in [0.1, 0.15) is 0 Å². The summed E-state index contributed by atoms with van der Waals surface area (Å²) in [6.07, 6.45) is 4.83. The van der Waals surface area contributed by atoms with E-state index in [4.69, 9.17) is 11.5 Å². The van der Waals surface area contributed by atoms with Crippen LogP contribution in [0.3, 0.4) is 0 Å². The lowest BCUT2D eigenvalue weighted by molar-refractivity contribution is 0.248. The van der Waals surface area contributed by atoms with Crippen molar-refractivity contribution in [1.29, 1.82) is 0 Å². The molecule has 0 bridgehead atoms. The normalized spacial score (nSPS) is 10.6.